The summed E-state index contributed by atoms with van der Waals surface area (Å²) in [7, 11) is 3.02. The van der Waals surface area contributed by atoms with Crippen LogP contribution < -0.4 is 4.74 Å². The van der Waals surface area contributed by atoms with Crippen LogP contribution in [0, 0.1) is 0 Å². The molecule has 0 spiro atoms. The van der Waals surface area contributed by atoms with E-state index in [-0.39, 0.29) is 5.75 Å². The molecule has 4 nitrogen and oxygen atoms in total. The van der Waals surface area contributed by atoms with Crippen molar-refractivity contribution in [3.8, 4) is 5.75 Å². The lowest BCUT2D eigenvalue weighted by molar-refractivity contribution is 0.412. The van der Waals surface area contributed by atoms with Crippen molar-refractivity contribution < 1.29 is 13.2 Å². The van der Waals surface area contributed by atoms with Crippen LogP contribution in [0.3, 0.4) is 0 Å². The van der Waals surface area contributed by atoms with E-state index >= 15 is 0 Å². The quantitative estimate of drug-likeness (QED) is 0.719. The summed E-state index contributed by atoms with van der Waals surface area (Å²) in [6.45, 7) is 0. The molecule has 0 aromatic carbocycles. The molecule has 1 heterocycles. The first-order valence-corrected chi connectivity index (χ1v) is 5.90. The molecule has 72 valence electrons. The Hall–Kier alpha value is -0.810. The molecule has 0 saturated heterocycles. The van der Waals surface area contributed by atoms with Crippen molar-refractivity contribution in [3.05, 3.63) is 24.0 Å². The summed E-state index contributed by atoms with van der Waals surface area (Å²) in [6, 6.07) is 3.18. The van der Waals surface area contributed by atoms with Gasteiger partial charge in [0.2, 0.25) is 9.05 Å². The lowest BCUT2D eigenvalue weighted by Gasteiger charge is -1.99. The van der Waals surface area contributed by atoms with Gasteiger partial charge in [-0.1, -0.05) is 0 Å². The van der Waals surface area contributed by atoms with Gasteiger partial charge in [-0.05, 0) is 12.1 Å². The molecular formula is C7H8ClNO3S. The standard InChI is InChI=1S/C7H8ClNO3S/c1-12-7-3-2-6(9-4-7)5-13(8,10)11/h2-4H,5H2,1H3. The van der Waals surface area contributed by atoms with E-state index in [2.05, 4.69) is 4.98 Å². The van der Waals surface area contributed by atoms with Crippen LogP contribution in [0.1, 0.15) is 5.69 Å². The van der Waals surface area contributed by atoms with Gasteiger partial charge in [-0.25, -0.2) is 8.42 Å². The van der Waals surface area contributed by atoms with Gasteiger partial charge >= 0.3 is 0 Å². The van der Waals surface area contributed by atoms with Crippen LogP contribution in [0.2, 0.25) is 0 Å². The zero-order chi connectivity index (χ0) is 9.90. The summed E-state index contributed by atoms with van der Waals surface area (Å²) >= 11 is 0. The molecule has 0 radical (unpaired) electrons. The minimum absolute atomic E-state index is 0.265. The van der Waals surface area contributed by atoms with Crippen molar-refractivity contribution >= 4 is 19.7 Å². The highest BCUT2D eigenvalue weighted by Gasteiger charge is 2.07. The first kappa shape index (κ1) is 10.3. The van der Waals surface area contributed by atoms with Gasteiger partial charge in [-0.3, -0.25) is 4.98 Å². The van der Waals surface area contributed by atoms with Crippen molar-refractivity contribution in [2.24, 2.45) is 0 Å². The molecule has 6 heteroatoms. The Morgan fingerprint density at radius 3 is 2.62 bits per heavy atom. The predicted molar refractivity (Wildman–Crippen MR) is 49.3 cm³/mol. The SMILES string of the molecule is COc1ccc(CS(=O)(=O)Cl)nc1. The number of hydrogen-bond acceptors (Lipinski definition) is 4. The average Bonchev–Trinajstić information content (AvgIpc) is 2.03. The Kier molecular flexibility index (Phi) is 3.11. The third-order valence-corrected chi connectivity index (χ3v) is 2.32. The molecule has 0 atom stereocenters. The Morgan fingerprint density at radius 2 is 2.23 bits per heavy atom. The van der Waals surface area contributed by atoms with Crippen LogP contribution in [0.5, 0.6) is 5.75 Å². The summed E-state index contributed by atoms with van der Waals surface area (Å²) in [6.07, 6.45) is 1.44. The van der Waals surface area contributed by atoms with Crippen LogP contribution in [0.15, 0.2) is 18.3 Å². The van der Waals surface area contributed by atoms with Crippen molar-refractivity contribution in [2.75, 3.05) is 7.11 Å². The smallest absolute Gasteiger partial charge is 0.238 e. The van der Waals surface area contributed by atoms with Crippen LogP contribution in [-0.4, -0.2) is 20.5 Å². The van der Waals surface area contributed by atoms with Crippen molar-refractivity contribution in [3.63, 3.8) is 0 Å². The first-order chi connectivity index (χ1) is 6.01. The van der Waals surface area contributed by atoms with Crippen molar-refractivity contribution in [1.29, 1.82) is 0 Å². The van der Waals surface area contributed by atoms with Gasteiger partial charge in [0.25, 0.3) is 0 Å². The molecule has 0 unspecified atom stereocenters. The first-order valence-electron chi connectivity index (χ1n) is 3.42. The molecule has 0 fully saturated rings. The summed E-state index contributed by atoms with van der Waals surface area (Å²) in [4.78, 5) is 3.85. The maximum Gasteiger partial charge on any atom is 0.238 e. The van der Waals surface area contributed by atoms with E-state index in [0.29, 0.717) is 11.4 Å². The Labute approximate surface area is 80.9 Å². The second-order valence-electron chi connectivity index (χ2n) is 2.37. The molecule has 1 aromatic rings. The number of halogens is 1. The van der Waals surface area contributed by atoms with Crippen LogP contribution in [0.25, 0.3) is 0 Å². The zero-order valence-electron chi connectivity index (χ0n) is 6.90. The van der Waals surface area contributed by atoms with E-state index in [1.165, 1.54) is 13.3 Å². The minimum atomic E-state index is -3.53. The predicted octanol–water partition coefficient (Wildman–Crippen LogP) is 1.16. The number of aromatic nitrogens is 1. The number of methoxy groups -OCH3 is 1. The highest BCUT2D eigenvalue weighted by atomic mass is 35.7. The molecule has 0 amide bonds. The van der Waals surface area contributed by atoms with Gasteiger partial charge in [0.1, 0.15) is 11.5 Å². The molecule has 0 N–H and O–H groups in total. The lowest BCUT2D eigenvalue weighted by atomic mass is 10.4. The summed E-state index contributed by atoms with van der Waals surface area (Å²) in [5.41, 5.74) is 0.399. The molecule has 0 saturated carbocycles. The molecule has 0 aliphatic carbocycles. The maximum atomic E-state index is 10.6. The Morgan fingerprint density at radius 1 is 1.54 bits per heavy atom. The third-order valence-electron chi connectivity index (χ3n) is 1.35. The fraction of sp³-hybridized carbons (Fsp3) is 0.286. The van der Waals surface area contributed by atoms with Gasteiger partial charge in [-0.2, -0.15) is 0 Å². The van der Waals surface area contributed by atoms with Crippen molar-refractivity contribution in [1.82, 2.24) is 4.98 Å². The Balaban J connectivity index is 2.81. The van der Waals surface area contributed by atoms with E-state index in [9.17, 15) is 8.42 Å². The van der Waals surface area contributed by atoms with Gasteiger partial charge in [0.05, 0.1) is 19.0 Å². The van der Waals surface area contributed by atoms with Crippen LogP contribution in [-0.2, 0) is 14.8 Å². The topological polar surface area (TPSA) is 56.3 Å². The van der Waals surface area contributed by atoms with Gasteiger partial charge in [0, 0.05) is 10.7 Å². The Bertz CT molecular complexity index is 373. The number of rotatable bonds is 3. The molecule has 1 rings (SSSR count). The van der Waals surface area contributed by atoms with Crippen molar-refractivity contribution in [2.45, 2.75) is 5.75 Å². The molecule has 0 bridgehead atoms. The maximum absolute atomic E-state index is 10.6. The summed E-state index contributed by atoms with van der Waals surface area (Å²) in [5.74, 6) is 0.314. The third kappa shape index (κ3) is 3.61. The molecule has 13 heavy (non-hydrogen) atoms. The number of nitrogens with zero attached hydrogens (tertiary/aromatic N) is 1. The molecule has 0 aliphatic heterocycles. The number of pyridine rings is 1. The second kappa shape index (κ2) is 3.93. The molecule has 1 aromatic heterocycles. The minimum Gasteiger partial charge on any atom is -0.495 e. The van der Waals surface area contributed by atoms with E-state index < -0.39 is 9.05 Å². The molecule has 0 aliphatic rings. The highest BCUT2D eigenvalue weighted by Crippen LogP contribution is 2.11. The number of hydrogen-bond donors (Lipinski definition) is 0. The summed E-state index contributed by atoms with van der Waals surface area (Å²) < 4.78 is 26.2. The highest BCUT2D eigenvalue weighted by molar-refractivity contribution is 8.13. The van der Waals surface area contributed by atoms with Crippen LogP contribution in [0.4, 0.5) is 0 Å². The van der Waals surface area contributed by atoms with E-state index in [1.54, 1.807) is 12.1 Å². The monoisotopic (exact) mass is 221 g/mol. The van der Waals surface area contributed by atoms with Crippen LogP contribution >= 0.6 is 10.7 Å². The van der Waals surface area contributed by atoms with E-state index in [4.69, 9.17) is 15.4 Å². The van der Waals surface area contributed by atoms with Gasteiger partial charge in [0.15, 0.2) is 0 Å². The van der Waals surface area contributed by atoms with E-state index in [1.807, 2.05) is 0 Å². The largest absolute Gasteiger partial charge is 0.495 e. The number of ether oxygens (including phenoxy) is 1. The normalized spacial score (nSPS) is 11.2. The van der Waals surface area contributed by atoms with Gasteiger partial charge in [-0.15, -0.1) is 0 Å². The second-order valence-corrected chi connectivity index (χ2v) is 5.15. The van der Waals surface area contributed by atoms with Gasteiger partial charge < -0.3 is 4.74 Å². The summed E-state index contributed by atoms with van der Waals surface area (Å²) in [5, 5.41) is 0. The fourth-order valence-corrected chi connectivity index (χ4v) is 1.65. The van der Waals surface area contributed by atoms with E-state index in [0.717, 1.165) is 0 Å². The fourth-order valence-electron chi connectivity index (χ4n) is 0.794. The molecular weight excluding hydrogens is 214 g/mol. The lowest BCUT2D eigenvalue weighted by Crippen LogP contribution is -1.97. The average molecular weight is 222 g/mol. The zero-order valence-corrected chi connectivity index (χ0v) is 8.47.